The van der Waals surface area contributed by atoms with Crippen molar-refractivity contribution in [2.45, 2.75) is 13.8 Å². The predicted molar refractivity (Wildman–Crippen MR) is 60.1 cm³/mol. The molecular weight excluding hydrogens is 214 g/mol. The molecule has 0 aliphatic carbocycles. The van der Waals surface area contributed by atoms with E-state index in [1.165, 1.54) is 5.69 Å². The first-order valence-electron chi connectivity index (χ1n) is 4.20. The molecule has 1 aromatic rings. The lowest BCUT2D eigenvalue weighted by molar-refractivity contribution is 1.21. The number of hydrogen-bond donors (Lipinski definition) is 1. The number of anilines is 1. The highest BCUT2D eigenvalue weighted by atomic mass is 79.9. The topological polar surface area (TPSA) is 12.0 Å². The summed E-state index contributed by atoms with van der Waals surface area (Å²) in [5.74, 6) is 0. The van der Waals surface area contributed by atoms with Crippen LogP contribution in [0.15, 0.2) is 30.3 Å². The quantitative estimate of drug-likeness (QED) is 0.766. The third-order valence-corrected chi connectivity index (χ3v) is 1.15. The van der Waals surface area contributed by atoms with Gasteiger partial charge < -0.3 is 5.32 Å². The second-order valence-corrected chi connectivity index (χ2v) is 3.29. The Balaban J connectivity index is 0.000000354. The predicted octanol–water partition coefficient (Wildman–Crippen LogP) is 3.52. The summed E-state index contributed by atoms with van der Waals surface area (Å²) in [6.07, 6.45) is 0. The molecule has 1 nitrogen and oxygen atoms in total. The third-order valence-electron chi connectivity index (χ3n) is 1.15. The average Bonchev–Trinajstić information content (AvgIpc) is 2.08. The fourth-order valence-electron chi connectivity index (χ4n) is 0.760. The van der Waals surface area contributed by atoms with Crippen LogP contribution in [0.2, 0.25) is 0 Å². The van der Waals surface area contributed by atoms with Crippen molar-refractivity contribution in [1.82, 2.24) is 0 Å². The van der Waals surface area contributed by atoms with Crippen molar-refractivity contribution in [1.29, 1.82) is 0 Å². The Labute approximate surface area is 83.3 Å². The average molecular weight is 230 g/mol. The molecule has 0 radical (unpaired) electrons. The molecule has 1 aromatic carbocycles. The van der Waals surface area contributed by atoms with Crippen LogP contribution in [0.3, 0.4) is 0 Å². The number of hydrogen-bond acceptors (Lipinski definition) is 1. The highest BCUT2D eigenvalue weighted by Gasteiger charge is 1.81. The summed E-state index contributed by atoms with van der Waals surface area (Å²) in [6, 6.07) is 10.2. The molecule has 0 aliphatic rings. The smallest absolute Gasteiger partial charge is 0.0340 e. The van der Waals surface area contributed by atoms with Crippen LogP contribution in [0.4, 0.5) is 5.69 Å². The van der Waals surface area contributed by atoms with Gasteiger partial charge in [0.2, 0.25) is 0 Å². The van der Waals surface area contributed by atoms with Crippen molar-refractivity contribution >= 4 is 21.6 Å². The minimum absolute atomic E-state index is 0.990. The van der Waals surface area contributed by atoms with Gasteiger partial charge in [-0.1, -0.05) is 41.1 Å². The molecule has 0 aliphatic heterocycles. The maximum atomic E-state index is 3.21. The van der Waals surface area contributed by atoms with Crippen molar-refractivity contribution < 1.29 is 0 Å². The number of rotatable bonds is 2. The molecule has 1 N–H and O–H groups in total. The van der Waals surface area contributed by atoms with E-state index in [1.54, 1.807) is 0 Å². The Morgan fingerprint density at radius 2 is 1.67 bits per heavy atom. The van der Waals surface area contributed by atoms with E-state index in [-0.39, 0.29) is 0 Å². The van der Waals surface area contributed by atoms with E-state index < -0.39 is 0 Å². The summed E-state index contributed by atoms with van der Waals surface area (Å²) in [5, 5.41) is 4.27. The monoisotopic (exact) mass is 229 g/mol. The van der Waals surface area contributed by atoms with Gasteiger partial charge >= 0.3 is 0 Å². The van der Waals surface area contributed by atoms with Gasteiger partial charge in [0.25, 0.3) is 0 Å². The SMILES string of the molecule is CCBr.CCNc1ccccc1. The first-order valence-corrected chi connectivity index (χ1v) is 5.32. The molecule has 0 saturated heterocycles. The zero-order valence-corrected chi connectivity index (χ0v) is 9.26. The first-order chi connectivity index (χ1) is 5.85. The maximum Gasteiger partial charge on any atom is 0.0340 e. The summed E-state index contributed by atoms with van der Waals surface area (Å²) in [4.78, 5) is 0. The zero-order chi connectivity index (χ0) is 9.23. The fourth-order valence-corrected chi connectivity index (χ4v) is 0.760. The Kier molecular flexibility index (Phi) is 8.24. The van der Waals surface area contributed by atoms with Gasteiger partial charge in [-0.3, -0.25) is 0 Å². The van der Waals surface area contributed by atoms with Gasteiger partial charge in [-0.15, -0.1) is 0 Å². The van der Waals surface area contributed by atoms with Crippen molar-refractivity contribution in [3.8, 4) is 0 Å². The summed E-state index contributed by atoms with van der Waals surface area (Å²) >= 11 is 3.15. The second-order valence-electron chi connectivity index (χ2n) is 2.16. The van der Waals surface area contributed by atoms with Crippen LogP contribution in [-0.2, 0) is 0 Å². The lowest BCUT2D eigenvalue weighted by atomic mass is 10.3. The van der Waals surface area contributed by atoms with Gasteiger partial charge in [0, 0.05) is 17.6 Å². The number of para-hydroxylation sites is 1. The van der Waals surface area contributed by atoms with Gasteiger partial charge in [0.15, 0.2) is 0 Å². The van der Waals surface area contributed by atoms with Gasteiger partial charge in [-0.05, 0) is 19.1 Å². The molecule has 12 heavy (non-hydrogen) atoms. The Morgan fingerprint density at radius 1 is 1.17 bits per heavy atom. The molecular formula is C10H16BrN. The number of alkyl halides is 1. The molecule has 0 fully saturated rings. The highest BCUT2D eigenvalue weighted by molar-refractivity contribution is 9.09. The Bertz CT molecular complexity index is 174. The van der Waals surface area contributed by atoms with E-state index in [4.69, 9.17) is 0 Å². The standard InChI is InChI=1S/C8H11N.C2H5Br/c1-2-9-8-6-4-3-5-7-8;1-2-3/h3-7,9H,2H2,1H3;2H2,1H3. The fraction of sp³-hybridized carbons (Fsp3) is 0.400. The van der Waals surface area contributed by atoms with Crippen LogP contribution in [0, 0.1) is 0 Å². The van der Waals surface area contributed by atoms with Gasteiger partial charge in [-0.25, -0.2) is 0 Å². The van der Waals surface area contributed by atoms with E-state index >= 15 is 0 Å². The van der Waals surface area contributed by atoms with Crippen molar-refractivity contribution in [3.63, 3.8) is 0 Å². The minimum Gasteiger partial charge on any atom is -0.385 e. The second kappa shape index (κ2) is 8.60. The van der Waals surface area contributed by atoms with Crippen LogP contribution in [0.1, 0.15) is 13.8 Å². The summed E-state index contributed by atoms with van der Waals surface area (Å²) in [6.45, 7) is 5.12. The van der Waals surface area contributed by atoms with Gasteiger partial charge in [-0.2, -0.15) is 0 Å². The summed E-state index contributed by atoms with van der Waals surface area (Å²) < 4.78 is 0. The number of nitrogens with one attached hydrogen (secondary N) is 1. The molecule has 0 unspecified atom stereocenters. The number of benzene rings is 1. The largest absolute Gasteiger partial charge is 0.385 e. The number of halogens is 1. The van der Waals surface area contributed by atoms with Crippen molar-refractivity contribution in [2.75, 3.05) is 17.2 Å². The molecule has 0 heterocycles. The molecule has 1 rings (SSSR count). The molecule has 68 valence electrons. The van der Waals surface area contributed by atoms with Crippen LogP contribution < -0.4 is 5.32 Å². The van der Waals surface area contributed by atoms with E-state index in [2.05, 4.69) is 40.3 Å². The normalized spacial score (nSPS) is 8.25. The molecule has 0 saturated carbocycles. The van der Waals surface area contributed by atoms with Crippen molar-refractivity contribution in [3.05, 3.63) is 30.3 Å². The lowest BCUT2D eigenvalue weighted by Gasteiger charge is -1.99. The van der Waals surface area contributed by atoms with Crippen LogP contribution in [-0.4, -0.2) is 11.9 Å². The highest BCUT2D eigenvalue weighted by Crippen LogP contribution is 2.02. The maximum absolute atomic E-state index is 3.21. The summed E-state index contributed by atoms with van der Waals surface area (Å²) in [7, 11) is 0. The lowest BCUT2D eigenvalue weighted by Crippen LogP contribution is -1.94. The Hall–Kier alpha value is -0.500. The molecule has 0 bridgehead atoms. The molecule has 0 spiro atoms. The first kappa shape index (κ1) is 11.5. The third kappa shape index (κ3) is 6.23. The van der Waals surface area contributed by atoms with E-state index in [0.717, 1.165) is 11.9 Å². The van der Waals surface area contributed by atoms with Gasteiger partial charge in [0.1, 0.15) is 0 Å². The molecule has 0 amide bonds. The molecule has 0 atom stereocenters. The minimum atomic E-state index is 0.990. The van der Waals surface area contributed by atoms with Crippen LogP contribution in [0.25, 0.3) is 0 Å². The Morgan fingerprint density at radius 3 is 2.08 bits per heavy atom. The van der Waals surface area contributed by atoms with Crippen LogP contribution >= 0.6 is 15.9 Å². The van der Waals surface area contributed by atoms with E-state index in [9.17, 15) is 0 Å². The summed E-state index contributed by atoms with van der Waals surface area (Å²) in [5.41, 5.74) is 1.19. The van der Waals surface area contributed by atoms with Gasteiger partial charge in [0.05, 0.1) is 0 Å². The van der Waals surface area contributed by atoms with E-state index in [0.29, 0.717) is 0 Å². The zero-order valence-electron chi connectivity index (χ0n) is 7.68. The van der Waals surface area contributed by atoms with E-state index in [1.807, 2.05) is 25.1 Å². The van der Waals surface area contributed by atoms with Crippen molar-refractivity contribution in [2.24, 2.45) is 0 Å². The van der Waals surface area contributed by atoms with Crippen LogP contribution in [0.5, 0.6) is 0 Å². The molecule has 0 aromatic heterocycles. The molecule has 2 heteroatoms.